The number of hydrogen-bond donors (Lipinski definition) is 6. The predicted molar refractivity (Wildman–Crippen MR) is 181 cm³/mol. The van der Waals surface area contributed by atoms with Crippen molar-refractivity contribution in [2.45, 2.75) is 25.9 Å². The zero-order valence-electron chi connectivity index (χ0n) is 25.4. The third-order valence-electron chi connectivity index (χ3n) is 6.64. The van der Waals surface area contributed by atoms with Gasteiger partial charge in [-0.05, 0) is 73.7 Å². The molecule has 22 heteroatoms. The lowest BCUT2D eigenvalue weighted by Crippen LogP contribution is -2.07. The van der Waals surface area contributed by atoms with Crippen molar-refractivity contribution in [2.24, 2.45) is 10.2 Å². The number of anilines is 4. The van der Waals surface area contributed by atoms with Crippen LogP contribution in [0.1, 0.15) is 31.8 Å². The van der Waals surface area contributed by atoms with Gasteiger partial charge in [0.1, 0.15) is 11.8 Å². The second-order valence-corrected chi connectivity index (χ2v) is 15.1. The number of nitrogens with zero attached hydrogens (tertiary/aromatic N) is 6. The number of carboxylic acid groups (broad SMARTS) is 2. The van der Waals surface area contributed by atoms with Crippen molar-refractivity contribution < 1.29 is 45.7 Å². The number of pyridine rings is 1. The standard InChI is InChI=1S/C29H20N8O10S4/c1-14-22(13-30)24(31-15-2-7-18(8-3-15)50(42,43)44)33-25(32-16-4-9-19(10-5-16)51(45,46)47)23(14)34-35-28-36-37-29(49-28)48-17-6-11-20(26(38)39)21(12-17)27(40)41/h2-12H,1H3,(H,38,39)(H,40,41)(H2,31,32,33)(H,42,43,44)(H,45,46,47). The second-order valence-electron chi connectivity index (χ2n) is 9.99. The van der Waals surface area contributed by atoms with Gasteiger partial charge in [0.25, 0.3) is 25.4 Å². The molecular weight excluding hydrogens is 749 g/mol. The first-order valence-electron chi connectivity index (χ1n) is 13.7. The summed E-state index contributed by atoms with van der Waals surface area (Å²) in [6, 6.07) is 15.7. The van der Waals surface area contributed by atoms with Crippen LogP contribution < -0.4 is 10.6 Å². The van der Waals surface area contributed by atoms with Crippen LogP contribution in [0.15, 0.2) is 96.0 Å². The molecule has 0 aliphatic carbocycles. The second kappa shape index (κ2) is 14.6. The van der Waals surface area contributed by atoms with Gasteiger partial charge in [-0.2, -0.15) is 22.1 Å². The highest BCUT2D eigenvalue weighted by Gasteiger charge is 2.21. The van der Waals surface area contributed by atoms with Crippen LogP contribution in [0.5, 0.6) is 0 Å². The topological polar surface area (TPSA) is 295 Å². The number of nitriles is 1. The SMILES string of the molecule is Cc1c(C#N)c(Nc2ccc(S(=O)(=O)O)cc2)nc(Nc2ccc(S(=O)(=O)O)cc2)c1N=Nc1nnc(Sc2ccc(C(=O)O)c(C(=O)O)c2)s1. The molecule has 0 saturated carbocycles. The number of benzene rings is 3. The van der Waals surface area contributed by atoms with Crippen molar-refractivity contribution in [1.82, 2.24) is 15.2 Å². The summed E-state index contributed by atoms with van der Waals surface area (Å²) in [6.45, 7) is 1.55. The Morgan fingerprint density at radius 2 is 1.35 bits per heavy atom. The molecule has 6 N–H and O–H groups in total. The molecule has 0 bridgehead atoms. The number of aromatic carboxylic acids is 2. The first kappa shape index (κ1) is 36.5. The Balaban J connectivity index is 1.50. The van der Waals surface area contributed by atoms with Gasteiger partial charge >= 0.3 is 11.9 Å². The summed E-state index contributed by atoms with van der Waals surface area (Å²) in [4.78, 5) is 27.1. The van der Waals surface area contributed by atoms with Crippen molar-refractivity contribution in [2.75, 3.05) is 10.6 Å². The Kier molecular flexibility index (Phi) is 10.4. The fraction of sp³-hybridized carbons (Fsp3) is 0.0345. The maximum absolute atomic E-state index is 11.6. The van der Waals surface area contributed by atoms with Crippen molar-refractivity contribution in [3.63, 3.8) is 0 Å². The summed E-state index contributed by atoms with van der Waals surface area (Å²) in [5.74, 6) is -2.79. The first-order chi connectivity index (χ1) is 24.0. The van der Waals surface area contributed by atoms with Crippen LogP contribution in [0.4, 0.5) is 33.8 Å². The number of nitrogens with one attached hydrogen (secondary N) is 2. The summed E-state index contributed by atoms with van der Waals surface area (Å²) >= 11 is 1.97. The fourth-order valence-electron chi connectivity index (χ4n) is 4.25. The number of carboxylic acids is 2. The molecular formula is C29H20N8O10S4. The predicted octanol–water partition coefficient (Wildman–Crippen LogP) is 6.06. The smallest absolute Gasteiger partial charge is 0.336 e. The van der Waals surface area contributed by atoms with Crippen LogP contribution >= 0.6 is 23.1 Å². The van der Waals surface area contributed by atoms with Crippen molar-refractivity contribution in [3.05, 3.63) is 89.0 Å². The minimum atomic E-state index is -4.48. The number of aromatic nitrogens is 3. The van der Waals surface area contributed by atoms with E-state index in [4.69, 9.17) is 0 Å². The lowest BCUT2D eigenvalue weighted by atomic mass is 10.1. The molecule has 0 atom stereocenters. The lowest BCUT2D eigenvalue weighted by Gasteiger charge is -2.16. The van der Waals surface area contributed by atoms with Gasteiger partial charge in [0.05, 0.1) is 26.5 Å². The molecule has 18 nitrogen and oxygen atoms in total. The third kappa shape index (κ3) is 8.67. The van der Waals surface area contributed by atoms with Crippen LogP contribution in [0.2, 0.25) is 0 Å². The lowest BCUT2D eigenvalue weighted by molar-refractivity contribution is 0.0651. The highest BCUT2D eigenvalue weighted by Crippen LogP contribution is 2.39. The van der Waals surface area contributed by atoms with Gasteiger partial charge in [0.15, 0.2) is 16.0 Å². The van der Waals surface area contributed by atoms with E-state index in [1.807, 2.05) is 6.07 Å². The molecule has 0 unspecified atom stereocenters. The van der Waals surface area contributed by atoms with Crippen LogP contribution in [0.3, 0.4) is 0 Å². The van der Waals surface area contributed by atoms with Crippen molar-refractivity contribution in [1.29, 1.82) is 5.26 Å². The van der Waals surface area contributed by atoms with E-state index in [1.165, 1.54) is 36.4 Å². The zero-order chi connectivity index (χ0) is 37.1. The van der Waals surface area contributed by atoms with Crippen molar-refractivity contribution in [3.8, 4) is 6.07 Å². The number of hydrogen-bond acceptors (Lipinski definition) is 16. The Morgan fingerprint density at radius 3 is 1.86 bits per heavy atom. The molecule has 51 heavy (non-hydrogen) atoms. The molecule has 0 radical (unpaired) electrons. The molecule has 0 fully saturated rings. The molecule has 3 aromatic carbocycles. The quantitative estimate of drug-likeness (QED) is 0.0621. The van der Waals surface area contributed by atoms with Gasteiger partial charge in [-0.25, -0.2) is 14.6 Å². The highest BCUT2D eigenvalue weighted by molar-refractivity contribution is 8.01. The Hall–Kier alpha value is -5.83. The summed E-state index contributed by atoms with van der Waals surface area (Å²) in [7, 11) is -8.94. The monoisotopic (exact) mass is 768 g/mol. The van der Waals surface area contributed by atoms with E-state index in [0.29, 0.717) is 20.6 Å². The Morgan fingerprint density at radius 1 is 0.804 bits per heavy atom. The minimum Gasteiger partial charge on any atom is -0.478 e. The van der Waals surface area contributed by atoms with E-state index in [-0.39, 0.29) is 48.9 Å². The van der Waals surface area contributed by atoms with E-state index in [9.17, 15) is 51.0 Å². The maximum atomic E-state index is 11.6. The Bertz CT molecular complexity index is 2480. The summed E-state index contributed by atoms with van der Waals surface area (Å²) in [5, 5.41) is 51.0. The number of rotatable bonds is 12. The van der Waals surface area contributed by atoms with Crippen LogP contribution in [-0.4, -0.2) is 63.3 Å². The van der Waals surface area contributed by atoms with Gasteiger partial charge in [0.2, 0.25) is 0 Å². The molecule has 0 aliphatic rings. The van der Waals surface area contributed by atoms with Gasteiger partial charge in [-0.3, -0.25) is 9.11 Å². The van der Waals surface area contributed by atoms with Gasteiger partial charge < -0.3 is 20.8 Å². The van der Waals surface area contributed by atoms with Crippen molar-refractivity contribution >= 4 is 89.1 Å². The van der Waals surface area contributed by atoms with E-state index < -0.39 is 37.7 Å². The summed E-state index contributed by atoms with van der Waals surface area (Å²) in [5.41, 5.74) is 0.145. The van der Waals surface area contributed by atoms with Gasteiger partial charge in [0, 0.05) is 21.8 Å². The van der Waals surface area contributed by atoms with E-state index in [2.05, 4.69) is 36.0 Å². The summed E-state index contributed by atoms with van der Waals surface area (Å²) in [6.07, 6.45) is 0. The molecule has 0 spiro atoms. The van der Waals surface area contributed by atoms with Gasteiger partial charge in [-0.1, -0.05) is 23.1 Å². The van der Waals surface area contributed by atoms with E-state index in [1.54, 1.807) is 6.92 Å². The Labute approximate surface area is 296 Å². The molecule has 5 aromatic rings. The largest absolute Gasteiger partial charge is 0.478 e. The average Bonchev–Trinajstić information content (AvgIpc) is 3.51. The highest BCUT2D eigenvalue weighted by atomic mass is 32.2. The molecule has 5 rings (SSSR count). The zero-order valence-corrected chi connectivity index (χ0v) is 28.7. The van der Waals surface area contributed by atoms with Crippen LogP contribution in [0.25, 0.3) is 0 Å². The number of carbonyl (C=O) groups is 2. The normalized spacial score (nSPS) is 11.6. The summed E-state index contributed by atoms with van der Waals surface area (Å²) < 4.78 is 64.9. The van der Waals surface area contributed by atoms with Crippen LogP contribution in [0, 0.1) is 18.3 Å². The molecule has 2 heterocycles. The fourth-order valence-corrected chi connectivity index (χ4v) is 6.89. The molecule has 260 valence electrons. The molecule has 0 saturated heterocycles. The average molecular weight is 769 g/mol. The van der Waals surface area contributed by atoms with E-state index in [0.717, 1.165) is 53.4 Å². The van der Waals surface area contributed by atoms with Crippen LogP contribution in [-0.2, 0) is 20.2 Å². The molecule has 2 aromatic heterocycles. The maximum Gasteiger partial charge on any atom is 0.336 e. The third-order valence-corrected chi connectivity index (χ3v) is 10.2. The molecule has 0 amide bonds. The van der Waals surface area contributed by atoms with E-state index >= 15 is 0 Å². The number of azo groups is 1. The minimum absolute atomic E-state index is 0.00913. The molecule has 0 aliphatic heterocycles. The van der Waals surface area contributed by atoms with Gasteiger partial charge in [-0.15, -0.1) is 20.4 Å². The first-order valence-corrected chi connectivity index (χ1v) is 18.2.